The summed E-state index contributed by atoms with van der Waals surface area (Å²) in [5.41, 5.74) is 0.796. The highest BCUT2D eigenvalue weighted by Gasteiger charge is 2.30. The summed E-state index contributed by atoms with van der Waals surface area (Å²) in [6, 6.07) is 8.88. The maximum absolute atomic E-state index is 11.8. The van der Waals surface area contributed by atoms with E-state index >= 15 is 0 Å². The predicted molar refractivity (Wildman–Crippen MR) is 78.8 cm³/mol. The Balaban J connectivity index is 3.06. The lowest BCUT2D eigenvalue weighted by atomic mass is 9.97. The van der Waals surface area contributed by atoms with E-state index < -0.39 is 23.8 Å². The van der Waals surface area contributed by atoms with Crippen molar-refractivity contribution in [2.75, 3.05) is 13.7 Å². The molecule has 0 saturated heterocycles. The number of benzene rings is 1. The Hall–Kier alpha value is -2.63. The number of carbonyl (C=O) groups excluding carboxylic acids is 2. The SMILES string of the molecule is CCOC(=O)C(C/C(=C/c1ccccc1)C(=O)OC)C(=O)O. The van der Waals surface area contributed by atoms with Crippen molar-refractivity contribution in [1.29, 1.82) is 0 Å². The lowest BCUT2D eigenvalue weighted by Gasteiger charge is -2.12. The number of rotatable bonds is 7. The molecule has 0 heterocycles. The summed E-state index contributed by atoms with van der Waals surface area (Å²) in [7, 11) is 1.20. The molecule has 0 aromatic heterocycles. The van der Waals surface area contributed by atoms with Gasteiger partial charge in [0, 0.05) is 12.0 Å². The van der Waals surface area contributed by atoms with Gasteiger partial charge in [0.1, 0.15) is 0 Å². The van der Waals surface area contributed by atoms with Crippen LogP contribution >= 0.6 is 0 Å². The number of carboxylic acid groups (broad SMARTS) is 1. The van der Waals surface area contributed by atoms with Gasteiger partial charge < -0.3 is 14.6 Å². The van der Waals surface area contributed by atoms with Gasteiger partial charge in [-0.2, -0.15) is 0 Å². The van der Waals surface area contributed by atoms with E-state index in [0.29, 0.717) is 5.56 Å². The van der Waals surface area contributed by atoms with Crippen molar-refractivity contribution in [2.24, 2.45) is 5.92 Å². The van der Waals surface area contributed by atoms with E-state index in [0.717, 1.165) is 0 Å². The first kappa shape index (κ1) is 17.4. The monoisotopic (exact) mass is 306 g/mol. The summed E-state index contributed by atoms with van der Waals surface area (Å²) in [6.45, 7) is 1.65. The second-order valence-electron chi connectivity index (χ2n) is 4.42. The van der Waals surface area contributed by atoms with Crippen LogP contribution in [0.3, 0.4) is 0 Å². The van der Waals surface area contributed by atoms with Gasteiger partial charge in [-0.15, -0.1) is 0 Å². The Labute approximate surface area is 128 Å². The van der Waals surface area contributed by atoms with Crippen molar-refractivity contribution in [1.82, 2.24) is 0 Å². The molecule has 0 aliphatic carbocycles. The van der Waals surface area contributed by atoms with E-state index in [-0.39, 0.29) is 18.6 Å². The van der Waals surface area contributed by atoms with Gasteiger partial charge in [0.2, 0.25) is 0 Å². The second-order valence-corrected chi connectivity index (χ2v) is 4.42. The van der Waals surface area contributed by atoms with Gasteiger partial charge in [0.25, 0.3) is 0 Å². The molecule has 1 N–H and O–H groups in total. The fourth-order valence-electron chi connectivity index (χ4n) is 1.82. The lowest BCUT2D eigenvalue weighted by Crippen LogP contribution is -2.27. The zero-order chi connectivity index (χ0) is 16.5. The van der Waals surface area contributed by atoms with E-state index in [2.05, 4.69) is 4.74 Å². The molecule has 0 spiro atoms. The number of carboxylic acids is 1. The number of esters is 2. The summed E-state index contributed by atoms with van der Waals surface area (Å²) in [5, 5.41) is 9.16. The Bertz CT molecular complexity index is 561. The minimum atomic E-state index is -1.45. The van der Waals surface area contributed by atoms with Gasteiger partial charge in [0.05, 0.1) is 13.7 Å². The molecule has 0 radical (unpaired) electrons. The van der Waals surface area contributed by atoms with Crippen LogP contribution in [0.25, 0.3) is 6.08 Å². The number of ether oxygens (including phenoxy) is 2. The number of hydrogen-bond acceptors (Lipinski definition) is 5. The molecule has 1 aromatic rings. The van der Waals surface area contributed by atoms with Crippen LogP contribution in [0, 0.1) is 5.92 Å². The molecule has 0 amide bonds. The van der Waals surface area contributed by atoms with Gasteiger partial charge in [-0.3, -0.25) is 9.59 Å². The fourth-order valence-corrected chi connectivity index (χ4v) is 1.82. The molecule has 0 aliphatic heterocycles. The van der Waals surface area contributed by atoms with Crippen LogP contribution in [0.15, 0.2) is 35.9 Å². The summed E-state index contributed by atoms with van der Waals surface area (Å²) < 4.78 is 9.38. The maximum Gasteiger partial charge on any atom is 0.333 e. The summed E-state index contributed by atoms with van der Waals surface area (Å²) in [5.74, 6) is -4.35. The zero-order valence-corrected chi connectivity index (χ0v) is 12.4. The largest absolute Gasteiger partial charge is 0.481 e. The van der Waals surface area contributed by atoms with Crippen molar-refractivity contribution in [3.63, 3.8) is 0 Å². The average Bonchev–Trinajstić information content (AvgIpc) is 2.51. The van der Waals surface area contributed by atoms with Crippen LogP contribution in [-0.4, -0.2) is 36.7 Å². The van der Waals surface area contributed by atoms with Crippen LogP contribution in [0.2, 0.25) is 0 Å². The Morgan fingerprint density at radius 3 is 2.36 bits per heavy atom. The molecule has 118 valence electrons. The summed E-state index contributed by atoms with van der Waals surface area (Å²) >= 11 is 0. The van der Waals surface area contributed by atoms with Crippen molar-refractivity contribution in [3.8, 4) is 0 Å². The van der Waals surface area contributed by atoms with Gasteiger partial charge in [-0.1, -0.05) is 30.3 Å². The van der Waals surface area contributed by atoms with Gasteiger partial charge in [-0.25, -0.2) is 4.79 Å². The van der Waals surface area contributed by atoms with Gasteiger partial charge >= 0.3 is 17.9 Å². The highest BCUT2D eigenvalue weighted by molar-refractivity contribution is 5.99. The molecule has 6 heteroatoms. The minimum absolute atomic E-state index is 0.0680. The zero-order valence-electron chi connectivity index (χ0n) is 12.4. The molecule has 6 nitrogen and oxygen atoms in total. The molecule has 0 aliphatic rings. The second kappa shape index (κ2) is 8.61. The summed E-state index contributed by atoms with van der Waals surface area (Å²) in [4.78, 5) is 34.8. The third kappa shape index (κ3) is 5.05. The van der Waals surface area contributed by atoms with E-state index in [1.54, 1.807) is 31.2 Å². The molecule has 1 aromatic carbocycles. The molecule has 22 heavy (non-hydrogen) atoms. The highest BCUT2D eigenvalue weighted by Crippen LogP contribution is 2.19. The quantitative estimate of drug-likeness (QED) is 0.470. The van der Waals surface area contributed by atoms with E-state index in [1.165, 1.54) is 13.2 Å². The van der Waals surface area contributed by atoms with E-state index in [9.17, 15) is 14.4 Å². The van der Waals surface area contributed by atoms with Crippen LogP contribution < -0.4 is 0 Å². The molecule has 1 unspecified atom stereocenters. The molecule has 0 saturated carbocycles. The van der Waals surface area contributed by atoms with Gasteiger partial charge in [-0.05, 0) is 18.6 Å². The Kier molecular flexibility index (Phi) is 6.82. The van der Waals surface area contributed by atoms with Crippen LogP contribution in [0.1, 0.15) is 18.9 Å². The van der Waals surface area contributed by atoms with Crippen LogP contribution in [-0.2, 0) is 23.9 Å². The number of hydrogen-bond donors (Lipinski definition) is 1. The van der Waals surface area contributed by atoms with Crippen LogP contribution in [0.4, 0.5) is 0 Å². The van der Waals surface area contributed by atoms with Crippen molar-refractivity contribution in [3.05, 3.63) is 41.5 Å². The standard InChI is InChI=1S/C16H18O6/c1-3-22-16(20)13(14(17)18)10-12(15(19)21-2)9-11-7-5-4-6-8-11/h4-9,13H,3,10H2,1-2H3,(H,17,18)/b12-9-. The normalized spacial score (nSPS) is 12.4. The Morgan fingerprint density at radius 1 is 1.23 bits per heavy atom. The number of aliphatic carboxylic acids is 1. The van der Waals surface area contributed by atoms with Crippen molar-refractivity contribution >= 4 is 24.0 Å². The first-order chi connectivity index (χ1) is 10.5. The fraction of sp³-hybridized carbons (Fsp3) is 0.312. The third-order valence-electron chi connectivity index (χ3n) is 2.88. The predicted octanol–water partition coefficient (Wildman–Crippen LogP) is 1.90. The molecular formula is C16H18O6. The average molecular weight is 306 g/mol. The topological polar surface area (TPSA) is 89.9 Å². The summed E-state index contributed by atoms with van der Waals surface area (Å²) in [6.07, 6.45) is 1.21. The smallest absolute Gasteiger partial charge is 0.333 e. The number of carbonyl (C=O) groups is 3. The first-order valence-corrected chi connectivity index (χ1v) is 6.73. The number of methoxy groups -OCH3 is 1. The maximum atomic E-state index is 11.8. The first-order valence-electron chi connectivity index (χ1n) is 6.73. The van der Waals surface area contributed by atoms with Crippen molar-refractivity contribution in [2.45, 2.75) is 13.3 Å². The minimum Gasteiger partial charge on any atom is -0.481 e. The Morgan fingerprint density at radius 2 is 1.86 bits per heavy atom. The van der Waals surface area contributed by atoms with E-state index in [1.807, 2.05) is 6.07 Å². The lowest BCUT2D eigenvalue weighted by molar-refractivity contribution is -0.158. The molecule has 0 bridgehead atoms. The molecular weight excluding hydrogens is 288 g/mol. The molecule has 0 fully saturated rings. The van der Waals surface area contributed by atoms with E-state index in [4.69, 9.17) is 9.84 Å². The van der Waals surface area contributed by atoms with Crippen LogP contribution in [0.5, 0.6) is 0 Å². The third-order valence-corrected chi connectivity index (χ3v) is 2.88. The molecule has 1 atom stereocenters. The molecule has 1 rings (SSSR count). The highest BCUT2D eigenvalue weighted by atomic mass is 16.5. The van der Waals surface area contributed by atoms with Crippen molar-refractivity contribution < 1.29 is 29.0 Å². The van der Waals surface area contributed by atoms with Gasteiger partial charge in [0.15, 0.2) is 5.92 Å².